The molecule has 2 heterocycles. The number of aromatic nitrogens is 2. The highest BCUT2D eigenvalue weighted by molar-refractivity contribution is 7.21. The van der Waals surface area contributed by atoms with Crippen LogP contribution in [0.15, 0.2) is 36.5 Å². The Kier molecular flexibility index (Phi) is 3.68. The molecule has 0 saturated heterocycles. The van der Waals surface area contributed by atoms with Crippen molar-refractivity contribution in [3.8, 4) is 11.8 Å². The van der Waals surface area contributed by atoms with Crippen LogP contribution in [0.25, 0.3) is 10.3 Å². The molecule has 0 unspecified atom stereocenters. The molecule has 2 aromatic heterocycles. The van der Waals surface area contributed by atoms with Gasteiger partial charge in [0.25, 0.3) is 5.91 Å². The molecular weight excluding hydrogens is 300 g/mol. The lowest BCUT2D eigenvalue weighted by Crippen LogP contribution is -2.11. The average molecular weight is 310 g/mol. The first-order valence-electron chi connectivity index (χ1n) is 6.31. The van der Waals surface area contributed by atoms with Gasteiger partial charge in [-0.15, -0.1) is 0 Å². The van der Waals surface area contributed by atoms with Gasteiger partial charge in [0.2, 0.25) is 0 Å². The van der Waals surface area contributed by atoms with Crippen LogP contribution in [0.5, 0.6) is 5.75 Å². The van der Waals surface area contributed by atoms with E-state index in [-0.39, 0.29) is 5.91 Å². The maximum atomic E-state index is 12.1. The molecule has 6 nitrogen and oxygen atoms in total. The number of anilines is 1. The fourth-order valence-electron chi connectivity index (χ4n) is 1.84. The van der Waals surface area contributed by atoms with Crippen molar-refractivity contribution < 1.29 is 9.53 Å². The first-order chi connectivity index (χ1) is 10.7. The van der Waals surface area contributed by atoms with Crippen molar-refractivity contribution in [3.63, 3.8) is 0 Å². The maximum Gasteiger partial charge on any atom is 0.257 e. The fraction of sp³-hybridized carbons (Fsp3) is 0.0667. The SMILES string of the molecule is COc1cnc2sc(NC(=O)c3ccc(C#N)cc3)nc2c1. The third-order valence-corrected chi connectivity index (χ3v) is 3.85. The highest BCUT2D eigenvalue weighted by atomic mass is 32.1. The Morgan fingerprint density at radius 3 is 2.82 bits per heavy atom. The molecule has 0 aliphatic carbocycles. The molecule has 0 spiro atoms. The molecule has 0 aliphatic rings. The summed E-state index contributed by atoms with van der Waals surface area (Å²) in [6.07, 6.45) is 1.60. The first-order valence-corrected chi connectivity index (χ1v) is 7.13. The van der Waals surface area contributed by atoms with E-state index in [4.69, 9.17) is 10.00 Å². The summed E-state index contributed by atoms with van der Waals surface area (Å²) in [6.45, 7) is 0. The molecule has 22 heavy (non-hydrogen) atoms. The average Bonchev–Trinajstić information content (AvgIpc) is 2.95. The minimum absolute atomic E-state index is 0.282. The Labute approximate surface area is 130 Å². The van der Waals surface area contributed by atoms with E-state index in [2.05, 4.69) is 15.3 Å². The van der Waals surface area contributed by atoms with E-state index in [0.717, 1.165) is 4.83 Å². The second kappa shape index (κ2) is 5.79. The second-order valence-electron chi connectivity index (χ2n) is 4.36. The Balaban J connectivity index is 1.82. The molecule has 1 N–H and O–H groups in total. The number of rotatable bonds is 3. The van der Waals surface area contributed by atoms with Crippen LogP contribution in [0, 0.1) is 11.3 Å². The van der Waals surface area contributed by atoms with Crippen molar-refractivity contribution in [3.05, 3.63) is 47.7 Å². The molecule has 0 saturated carbocycles. The number of nitrogens with zero attached hydrogens (tertiary/aromatic N) is 3. The molecule has 108 valence electrons. The molecule has 0 atom stereocenters. The highest BCUT2D eigenvalue weighted by Crippen LogP contribution is 2.26. The van der Waals surface area contributed by atoms with Gasteiger partial charge in [-0.05, 0) is 24.3 Å². The van der Waals surface area contributed by atoms with Crippen molar-refractivity contribution in [1.82, 2.24) is 9.97 Å². The van der Waals surface area contributed by atoms with Crippen molar-refractivity contribution in [2.75, 3.05) is 12.4 Å². The number of benzene rings is 1. The zero-order valence-corrected chi connectivity index (χ0v) is 12.3. The van der Waals surface area contributed by atoms with Gasteiger partial charge >= 0.3 is 0 Å². The van der Waals surface area contributed by atoms with Gasteiger partial charge in [-0.25, -0.2) is 9.97 Å². The second-order valence-corrected chi connectivity index (χ2v) is 5.34. The number of carbonyl (C=O) groups excluding carboxylic acids is 1. The van der Waals surface area contributed by atoms with Crippen LogP contribution in [-0.2, 0) is 0 Å². The van der Waals surface area contributed by atoms with Crippen LogP contribution < -0.4 is 10.1 Å². The Morgan fingerprint density at radius 1 is 1.36 bits per heavy atom. The normalized spacial score (nSPS) is 10.2. The predicted molar refractivity (Wildman–Crippen MR) is 83.1 cm³/mol. The lowest BCUT2D eigenvalue weighted by atomic mass is 10.1. The largest absolute Gasteiger partial charge is 0.495 e. The molecule has 3 rings (SSSR count). The Morgan fingerprint density at radius 2 is 2.14 bits per heavy atom. The van der Waals surface area contributed by atoms with Crippen molar-refractivity contribution >= 4 is 32.7 Å². The minimum Gasteiger partial charge on any atom is -0.495 e. The van der Waals surface area contributed by atoms with E-state index >= 15 is 0 Å². The van der Waals surface area contributed by atoms with Crippen molar-refractivity contribution in [1.29, 1.82) is 5.26 Å². The van der Waals surface area contributed by atoms with E-state index in [9.17, 15) is 4.79 Å². The molecule has 0 fully saturated rings. The maximum absolute atomic E-state index is 12.1. The van der Waals surface area contributed by atoms with Gasteiger partial charge < -0.3 is 4.74 Å². The topological polar surface area (TPSA) is 87.9 Å². The molecule has 3 aromatic rings. The van der Waals surface area contributed by atoms with E-state index in [1.54, 1.807) is 43.6 Å². The van der Waals surface area contributed by atoms with E-state index in [1.165, 1.54) is 11.3 Å². The lowest BCUT2D eigenvalue weighted by molar-refractivity contribution is 0.102. The number of fused-ring (bicyclic) bond motifs is 1. The number of carbonyl (C=O) groups is 1. The number of pyridine rings is 1. The van der Waals surface area contributed by atoms with Crippen LogP contribution >= 0.6 is 11.3 Å². The minimum atomic E-state index is -0.282. The Hall–Kier alpha value is -2.98. The highest BCUT2D eigenvalue weighted by Gasteiger charge is 2.11. The van der Waals surface area contributed by atoms with Gasteiger partial charge in [0, 0.05) is 11.6 Å². The van der Waals surface area contributed by atoms with E-state index in [1.807, 2.05) is 6.07 Å². The third-order valence-electron chi connectivity index (χ3n) is 2.95. The van der Waals surface area contributed by atoms with Crippen LogP contribution in [-0.4, -0.2) is 23.0 Å². The van der Waals surface area contributed by atoms with Gasteiger partial charge in [-0.1, -0.05) is 11.3 Å². The molecular formula is C15H10N4O2S. The van der Waals surface area contributed by atoms with Crippen molar-refractivity contribution in [2.45, 2.75) is 0 Å². The molecule has 0 radical (unpaired) electrons. The van der Waals surface area contributed by atoms with E-state index < -0.39 is 0 Å². The molecule has 1 aromatic carbocycles. The zero-order valence-electron chi connectivity index (χ0n) is 11.5. The van der Waals surface area contributed by atoms with Crippen LogP contribution in [0.1, 0.15) is 15.9 Å². The summed E-state index contributed by atoms with van der Waals surface area (Å²) in [7, 11) is 1.56. The predicted octanol–water partition coefficient (Wildman–Crippen LogP) is 2.82. The summed E-state index contributed by atoms with van der Waals surface area (Å²) < 4.78 is 5.09. The van der Waals surface area contributed by atoms with E-state index in [0.29, 0.717) is 27.5 Å². The number of methoxy groups -OCH3 is 1. The van der Waals surface area contributed by atoms with Gasteiger partial charge in [0.1, 0.15) is 16.1 Å². The summed E-state index contributed by atoms with van der Waals surface area (Å²) in [6, 6.07) is 10.2. The fourth-order valence-corrected chi connectivity index (χ4v) is 2.62. The number of hydrogen-bond acceptors (Lipinski definition) is 6. The zero-order chi connectivity index (χ0) is 15.5. The molecule has 0 bridgehead atoms. The summed E-state index contributed by atoms with van der Waals surface area (Å²) in [5, 5.41) is 11.9. The Bertz CT molecular complexity index is 881. The quantitative estimate of drug-likeness (QED) is 0.803. The third kappa shape index (κ3) is 2.73. The van der Waals surface area contributed by atoms with Crippen molar-refractivity contribution in [2.24, 2.45) is 0 Å². The number of thiazole rings is 1. The smallest absolute Gasteiger partial charge is 0.257 e. The standard InChI is InChI=1S/C15H10N4O2S/c1-21-11-6-12-14(17-8-11)22-15(18-12)19-13(20)10-4-2-9(7-16)3-5-10/h2-6,8H,1H3,(H,18,19,20). The van der Waals surface area contributed by atoms with Crippen LogP contribution in [0.2, 0.25) is 0 Å². The first kappa shape index (κ1) is 14.0. The monoisotopic (exact) mass is 310 g/mol. The number of nitrogens with one attached hydrogen (secondary N) is 1. The number of hydrogen-bond donors (Lipinski definition) is 1. The van der Waals surface area contributed by atoms with Gasteiger partial charge in [-0.2, -0.15) is 5.26 Å². The van der Waals surface area contributed by atoms with Gasteiger partial charge in [0.05, 0.1) is 24.9 Å². The number of amides is 1. The van der Waals surface area contributed by atoms with Crippen LogP contribution in [0.4, 0.5) is 5.13 Å². The van der Waals surface area contributed by atoms with Gasteiger partial charge in [0.15, 0.2) is 5.13 Å². The summed E-state index contributed by atoms with van der Waals surface area (Å²) in [5.74, 6) is 0.332. The van der Waals surface area contributed by atoms with Gasteiger partial charge in [-0.3, -0.25) is 10.1 Å². The molecule has 0 aliphatic heterocycles. The lowest BCUT2D eigenvalue weighted by Gasteiger charge is -2.00. The summed E-state index contributed by atoms with van der Waals surface area (Å²) in [5.41, 5.74) is 1.64. The summed E-state index contributed by atoms with van der Waals surface area (Å²) in [4.78, 5) is 21.4. The summed E-state index contributed by atoms with van der Waals surface area (Å²) >= 11 is 1.29. The van der Waals surface area contributed by atoms with Crippen LogP contribution in [0.3, 0.4) is 0 Å². The molecule has 7 heteroatoms. The molecule has 1 amide bonds. The number of ether oxygens (including phenoxy) is 1. The number of nitriles is 1.